The Bertz CT molecular complexity index is 484. The standard InChI is InChI=1S/C9H11ClN2O3S/c10-6-1-3-7(4-2-6)16(14,15)9(12)5-8(11)13/h1-4,9H,5,12H2,(H2,11,13). The molecule has 0 fully saturated rings. The Labute approximate surface area is 98.3 Å². The summed E-state index contributed by atoms with van der Waals surface area (Å²) >= 11 is 5.63. The molecule has 0 aliphatic rings. The molecule has 0 radical (unpaired) electrons. The highest BCUT2D eigenvalue weighted by Gasteiger charge is 2.25. The predicted octanol–water partition coefficient (Wildman–Crippen LogP) is 0.274. The lowest BCUT2D eigenvalue weighted by molar-refractivity contribution is -0.118. The summed E-state index contributed by atoms with van der Waals surface area (Å²) in [7, 11) is -3.73. The zero-order valence-electron chi connectivity index (χ0n) is 8.26. The van der Waals surface area contributed by atoms with Crippen molar-refractivity contribution in [2.24, 2.45) is 11.5 Å². The van der Waals surface area contributed by atoms with Crippen LogP contribution in [0.1, 0.15) is 6.42 Å². The average molecular weight is 263 g/mol. The molecule has 0 aliphatic carbocycles. The van der Waals surface area contributed by atoms with E-state index in [0.717, 1.165) is 0 Å². The van der Waals surface area contributed by atoms with Gasteiger partial charge in [0.25, 0.3) is 0 Å². The van der Waals surface area contributed by atoms with Gasteiger partial charge < -0.3 is 11.5 Å². The van der Waals surface area contributed by atoms with E-state index in [-0.39, 0.29) is 4.90 Å². The van der Waals surface area contributed by atoms with Crippen molar-refractivity contribution in [3.63, 3.8) is 0 Å². The van der Waals surface area contributed by atoms with Gasteiger partial charge >= 0.3 is 0 Å². The Morgan fingerprint density at radius 3 is 2.25 bits per heavy atom. The zero-order valence-corrected chi connectivity index (χ0v) is 9.83. The number of benzene rings is 1. The minimum atomic E-state index is -3.73. The van der Waals surface area contributed by atoms with Crippen molar-refractivity contribution in [1.29, 1.82) is 0 Å². The summed E-state index contributed by atoms with van der Waals surface area (Å²) in [6.07, 6.45) is -0.412. The van der Waals surface area contributed by atoms with Gasteiger partial charge in [0, 0.05) is 5.02 Å². The van der Waals surface area contributed by atoms with Crippen LogP contribution in [0.5, 0.6) is 0 Å². The van der Waals surface area contributed by atoms with Gasteiger partial charge in [-0.3, -0.25) is 4.79 Å². The number of nitrogens with two attached hydrogens (primary N) is 2. The molecule has 16 heavy (non-hydrogen) atoms. The largest absolute Gasteiger partial charge is 0.370 e. The third-order valence-electron chi connectivity index (χ3n) is 1.94. The molecular formula is C9H11ClN2O3S. The molecule has 0 bridgehead atoms. The number of hydrogen-bond donors (Lipinski definition) is 2. The molecule has 4 N–H and O–H groups in total. The number of amides is 1. The molecule has 0 aromatic heterocycles. The van der Waals surface area contributed by atoms with E-state index in [4.69, 9.17) is 23.1 Å². The van der Waals surface area contributed by atoms with Crippen LogP contribution in [-0.2, 0) is 14.6 Å². The van der Waals surface area contributed by atoms with Gasteiger partial charge in [0.05, 0.1) is 11.3 Å². The quantitative estimate of drug-likeness (QED) is 0.813. The first-order valence-electron chi connectivity index (χ1n) is 4.37. The van der Waals surface area contributed by atoms with E-state index in [1.807, 2.05) is 0 Å². The minimum absolute atomic E-state index is 0.0191. The van der Waals surface area contributed by atoms with Crippen LogP contribution in [0.2, 0.25) is 5.02 Å². The molecule has 0 saturated heterocycles. The Kier molecular flexibility index (Phi) is 3.90. The fraction of sp³-hybridized carbons (Fsp3) is 0.222. The normalized spacial score (nSPS) is 13.4. The number of hydrogen-bond acceptors (Lipinski definition) is 4. The molecule has 1 amide bonds. The number of sulfone groups is 1. The van der Waals surface area contributed by atoms with Crippen LogP contribution in [0.25, 0.3) is 0 Å². The number of carbonyl (C=O) groups is 1. The third kappa shape index (κ3) is 2.94. The Balaban J connectivity index is 3.02. The van der Waals surface area contributed by atoms with Crippen LogP contribution in [0, 0.1) is 0 Å². The van der Waals surface area contributed by atoms with Gasteiger partial charge in [-0.15, -0.1) is 0 Å². The second-order valence-electron chi connectivity index (χ2n) is 3.21. The zero-order chi connectivity index (χ0) is 12.3. The summed E-state index contributed by atoms with van der Waals surface area (Å²) in [5.41, 5.74) is 10.3. The molecule has 1 aromatic carbocycles. The molecule has 1 atom stereocenters. The molecular weight excluding hydrogens is 252 g/mol. The first-order valence-corrected chi connectivity index (χ1v) is 6.30. The van der Waals surface area contributed by atoms with Crippen LogP contribution in [0.15, 0.2) is 29.2 Å². The highest BCUT2D eigenvalue weighted by molar-refractivity contribution is 7.92. The summed E-state index contributed by atoms with van der Waals surface area (Å²) in [6, 6.07) is 5.54. The molecule has 0 aliphatic heterocycles. The lowest BCUT2D eigenvalue weighted by Crippen LogP contribution is -2.35. The molecule has 0 spiro atoms. The lowest BCUT2D eigenvalue weighted by Gasteiger charge is -2.10. The van der Waals surface area contributed by atoms with E-state index in [0.29, 0.717) is 5.02 Å². The lowest BCUT2D eigenvalue weighted by atomic mass is 10.4. The molecule has 0 heterocycles. The number of primary amides is 1. The summed E-state index contributed by atoms with van der Waals surface area (Å²) in [6.45, 7) is 0. The molecule has 5 nitrogen and oxygen atoms in total. The van der Waals surface area contributed by atoms with E-state index in [2.05, 4.69) is 0 Å². The molecule has 0 saturated carbocycles. The van der Waals surface area contributed by atoms with E-state index in [1.54, 1.807) is 0 Å². The SMILES string of the molecule is NC(=O)CC(N)S(=O)(=O)c1ccc(Cl)cc1. The maximum atomic E-state index is 11.8. The Morgan fingerprint density at radius 2 is 1.81 bits per heavy atom. The van der Waals surface area contributed by atoms with Gasteiger partial charge in [-0.25, -0.2) is 8.42 Å². The first-order chi connectivity index (χ1) is 7.34. The van der Waals surface area contributed by atoms with Crippen molar-refractivity contribution < 1.29 is 13.2 Å². The second-order valence-corrected chi connectivity index (χ2v) is 5.81. The van der Waals surface area contributed by atoms with Crippen molar-refractivity contribution in [1.82, 2.24) is 0 Å². The summed E-state index contributed by atoms with van der Waals surface area (Å²) < 4.78 is 23.6. The van der Waals surface area contributed by atoms with Crippen molar-refractivity contribution in [3.8, 4) is 0 Å². The fourth-order valence-corrected chi connectivity index (χ4v) is 2.48. The Hall–Kier alpha value is -1.11. The number of carbonyl (C=O) groups excluding carboxylic acids is 1. The van der Waals surface area contributed by atoms with Crippen LogP contribution in [0.3, 0.4) is 0 Å². The van der Waals surface area contributed by atoms with Crippen molar-refractivity contribution in [2.75, 3.05) is 0 Å². The van der Waals surface area contributed by atoms with Gasteiger partial charge in [0.15, 0.2) is 9.84 Å². The second kappa shape index (κ2) is 4.82. The number of rotatable bonds is 4. The molecule has 1 aromatic rings. The number of halogens is 1. The van der Waals surface area contributed by atoms with E-state index >= 15 is 0 Å². The average Bonchev–Trinajstić information content (AvgIpc) is 2.17. The topological polar surface area (TPSA) is 103 Å². The van der Waals surface area contributed by atoms with Gasteiger partial charge in [-0.05, 0) is 24.3 Å². The Morgan fingerprint density at radius 1 is 1.31 bits per heavy atom. The third-order valence-corrected chi connectivity index (χ3v) is 4.09. The van der Waals surface area contributed by atoms with Gasteiger partial charge in [0.1, 0.15) is 5.37 Å². The van der Waals surface area contributed by atoms with Crippen LogP contribution < -0.4 is 11.5 Å². The summed E-state index contributed by atoms with van der Waals surface area (Å²) in [5.74, 6) is -0.759. The molecule has 1 rings (SSSR count). The fourth-order valence-electron chi connectivity index (χ4n) is 1.11. The summed E-state index contributed by atoms with van der Waals surface area (Å²) in [5, 5.41) is -0.909. The van der Waals surface area contributed by atoms with Crippen LogP contribution in [-0.4, -0.2) is 19.7 Å². The van der Waals surface area contributed by atoms with Crippen molar-refractivity contribution in [3.05, 3.63) is 29.3 Å². The van der Waals surface area contributed by atoms with Crippen LogP contribution in [0.4, 0.5) is 0 Å². The minimum Gasteiger partial charge on any atom is -0.370 e. The molecule has 7 heteroatoms. The smallest absolute Gasteiger partial charge is 0.220 e. The van der Waals surface area contributed by atoms with Gasteiger partial charge in [-0.2, -0.15) is 0 Å². The highest BCUT2D eigenvalue weighted by Crippen LogP contribution is 2.18. The predicted molar refractivity (Wildman–Crippen MR) is 60.4 cm³/mol. The summed E-state index contributed by atoms with van der Waals surface area (Å²) in [4.78, 5) is 10.6. The molecule has 1 unspecified atom stereocenters. The van der Waals surface area contributed by atoms with E-state index < -0.39 is 27.5 Å². The monoisotopic (exact) mass is 262 g/mol. The maximum Gasteiger partial charge on any atom is 0.220 e. The van der Waals surface area contributed by atoms with Gasteiger partial charge in [-0.1, -0.05) is 11.6 Å². The van der Waals surface area contributed by atoms with E-state index in [9.17, 15) is 13.2 Å². The van der Waals surface area contributed by atoms with Crippen molar-refractivity contribution in [2.45, 2.75) is 16.7 Å². The van der Waals surface area contributed by atoms with Crippen molar-refractivity contribution >= 4 is 27.3 Å². The molecule has 88 valence electrons. The van der Waals surface area contributed by atoms with Gasteiger partial charge in [0.2, 0.25) is 5.91 Å². The first kappa shape index (κ1) is 13.0. The van der Waals surface area contributed by atoms with Crippen LogP contribution >= 0.6 is 11.6 Å². The van der Waals surface area contributed by atoms with E-state index in [1.165, 1.54) is 24.3 Å². The maximum absolute atomic E-state index is 11.8. The highest BCUT2D eigenvalue weighted by atomic mass is 35.5.